The van der Waals surface area contributed by atoms with Gasteiger partial charge in [0, 0.05) is 25.7 Å². The van der Waals surface area contributed by atoms with Crippen LogP contribution in [0.1, 0.15) is 46.5 Å². The molecular weight excluding hydrogens is 297 g/mol. The summed E-state index contributed by atoms with van der Waals surface area (Å²) >= 11 is 0. The lowest BCUT2D eigenvalue weighted by atomic mass is 9.80. The molecule has 0 aromatic rings. The molecular formula is C14H31Cl2N3O. The van der Waals surface area contributed by atoms with Crippen LogP contribution in [0.5, 0.6) is 0 Å². The van der Waals surface area contributed by atoms with Crippen LogP contribution in [0.25, 0.3) is 0 Å². The normalized spacial score (nSPS) is 17.9. The number of halogens is 2. The number of hydrogen-bond acceptors (Lipinski definition) is 3. The molecule has 1 aliphatic heterocycles. The molecule has 0 bridgehead atoms. The van der Waals surface area contributed by atoms with Gasteiger partial charge in [-0.15, -0.1) is 24.8 Å². The van der Waals surface area contributed by atoms with Crippen LogP contribution in [-0.2, 0) is 4.79 Å². The highest BCUT2D eigenvalue weighted by molar-refractivity contribution is 5.85. The molecule has 0 radical (unpaired) electrons. The average Bonchev–Trinajstić information content (AvgIpc) is 2.41. The molecule has 0 aromatic heterocycles. The molecule has 0 aromatic carbocycles. The lowest BCUT2D eigenvalue weighted by Gasteiger charge is -2.39. The highest BCUT2D eigenvalue weighted by Gasteiger charge is 2.38. The SMILES string of the molecule is CCC(CC)(CN)C(=O)N1CCC(C(C)N)CC1.Cl.Cl. The van der Waals surface area contributed by atoms with Gasteiger partial charge in [0.15, 0.2) is 0 Å². The van der Waals surface area contributed by atoms with E-state index in [1.165, 1.54) is 0 Å². The molecule has 0 spiro atoms. The molecule has 1 fully saturated rings. The molecule has 1 atom stereocenters. The van der Waals surface area contributed by atoms with Crippen molar-refractivity contribution in [3.63, 3.8) is 0 Å². The smallest absolute Gasteiger partial charge is 0.230 e. The van der Waals surface area contributed by atoms with Crippen molar-refractivity contribution in [3.8, 4) is 0 Å². The van der Waals surface area contributed by atoms with Crippen LogP contribution in [0.15, 0.2) is 0 Å². The number of hydrogen-bond donors (Lipinski definition) is 2. The maximum Gasteiger partial charge on any atom is 0.230 e. The zero-order valence-corrected chi connectivity index (χ0v) is 14.6. The number of nitrogens with two attached hydrogens (primary N) is 2. The largest absolute Gasteiger partial charge is 0.342 e. The molecule has 0 saturated carbocycles. The van der Waals surface area contributed by atoms with E-state index in [4.69, 9.17) is 11.5 Å². The van der Waals surface area contributed by atoms with Crippen molar-refractivity contribution in [2.24, 2.45) is 22.8 Å². The summed E-state index contributed by atoms with van der Waals surface area (Å²) in [6.45, 7) is 8.31. The van der Waals surface area contributed by atoms with E-state index < -0.39 is 0 Å². The first kappa shape index (κ1) is 22.3. The van der Waals surface area contributed by atoms with E-state index in [1.54, 1.807) is 0 Å². The topological polar surface area (TPSA) is 72.4 Å². The third kappa shape index (κ3) is 4.76. The Morgan fingerprint density at radius 1 is 1.25 bits per heavy atom. The fraction of sp³-hybridized carbons (Fsp3) is 0.929. The Bertz CT molecular complexity index is 267. The lowest BCUT2D eigenvalue weighted by molar-refractivity contribution is -0.143. The lowest BCUT2D eigenvalue weighted by Crippen LogP contribution is -2.51. The fourth-order valence-corrected chi connectivity index (χ4v) is 2.89. The van der Waals surface area contributed by atoms with Crippen LogP contribution in [0.4, 0.5) is 0 Å². The summed E-state index contributed by atoms with van der Waals surface area (Å²) in [5, 5.41) is 0. The minimum Gasteiger partial charge on any atom is -0.342 e. The van der Waals surface area contributed by atoms with Crippen LogP contribution in [0.3, 0.4) is 0 Å². The summed E-state index contributed by atoms with van der Waals surface area (Å²) in [5.41, 5.74) is 11.4. The van der Waals surface area contributed by atoms with E-state index in [2.05, 4.69) is 20.8 Å². The standard InChI is InChI=1S/C14H29N3O.2ClH/c1-4-14(5-2,10-15)13(18)17-8-6-12(7-9-17)11(3)16;;/h11-12H,4-10,15-16H2,1-3H3;2*1H. The molecule has 1 amide bonds. The third-order valence-corrected chi connectivity index (χ3v) is 4.77. The van der Waals surface area contributed by atoms with Crippen molar-refractivity contribution < 1.29 is 4.79 Å². The monoisotopic (exact) mass is 327 g/mol. The zero-order chi connectivity index (χ0) is 13.8. The second-order valence-electron chi connectivity index (χ2n) is 5.68. The van der Waals surface area contributed by atoms with Crippen molar-refractivity contribution in [2.45, 2.75) is 52.5 Å². The molecule has 1 heterocycles. The van der Waals surface area contributed by atoms with E-state index in [-0.39, 0.29) is 42.2 Å². The van der Waals surface area contributed by atoms with Crippen molar-refractivity contribution in [1.82, 2.24) is 4.90 Å². The Morgan fingerprint density at radius 2 is 1.70 bits per heavy atom. The van der Waals surface area contributed by atoms with Gasteiger partial charge in [-0.2, -0.15) is 0 Å². The molecule has 1 saturated heterocycles. The summed E-state index contributed by atoms with van der Waals surface area (Å²) < 4.78 is 0. The number of carbonyl (C=O) groups excluding carboxylic acids is 1. The summed E-state index contributed by atoms with van der Waals surface area (Å²) in [6, 6.07) is 0.235. The van der Waals surface area contributed by atoms with Gasteiger partial charge in [-0.3, -0.25) is 4.79 Å². The van der Waals surface area contributed by atoms with E-state index in [0.717, 1.165) is 38.8 Å². The quantitative estimate of drug-likeness (QED) is 0.812. The molecule has 1 aliphatic rings. The van der Waals surface area contributed by atoms with E-state index in [9.17, 15) is 4.79 Å². The van der Waals surface area contributed by atoms with Gasteiger partial charge >= 0.3 is 0 Å². The highest BCUT2D eigenvalue weighted by Crippen LogP contribution is 2.30. The Morgan fingerprint density at radius 3 is 2.00 bits per heavy atom. The highest BCUT2D eigenvalue weighted by atomic mass is 35.5. The molecule has 4 nitrogen and oxygen atoms in total. The van der Waals surface area contributed by atoms with E-state index in [1.807, 2.05) is 4.90 Å². The second kappa shape index (κ2) is 9.82. The predicted molar refractivity (Wildman–Crippen MR) is 89.5 cm³/mol. The van der Waals surface area contributed by atoms with E-state index in [0.29, 0.717) is 12.5 Å². The van der Waals surface area contributed by atoms with Gasteiger partial charge in [0.25, 0.3) is 0 Å². The Balaban J connectivity index is 0. The van der Waals surface area contributed by atoms with Gasteiger partial charge in [-0.1, -0.05) is 13.8 Å². The molecule has 0 aliphatic carbocycles. The Hall–Kier alpha value is -0.0300. The number of nitrogens with zero attached hydrogens (tertiary/aromatic N) is 1. The zero-order valence-electron chi connectivity index (χ0n) is 12.9. The van der Waals surface area contributed by atoms with Crippen LogP contribution < -0.4 is 11.5 Å². The maximum atomic E-state index is 12.6. The fourth-order valence-electron chi connectivity index (χ4n) is 2.89. The minimum atomic E-state index is -0.346. The summed E-state index contributed by atoms with van der Waals surface area (Å²) in [5.74, 6) is 0.808. The van der Waals surface area contributed by atoms with Gasteiger partial charge in [0.2, 0.25) is 5.91 Å². The number of carbonyl (C=O) groups is 1. The molecule has 1 unspecified atom stereocenters. The van der Waals surface area contributed by atoms with Crippen molar-refractivity contribution in [2.75, 3.05) is 19.6 Å². The predicted octanol–water partition coefficient (Wildman–Crippen LogP) is 2.18. The van der Waals surface area contributed by atoms with Crippen LogP contribution in [-0.4, -0.2) is 36.5 Å². The Kier molecular flexibility index (Phi) is 10.9. The molecule has 6 heteroatoms. The first-order valence-corrected chi connectivity index (χ1v) is 7.25. The summed E-state index contributed by atoms with van der Waals surface area (Å²) in [4.78, 5) is 14.6. The third-order valence-electron chi connectivity index (χ3n) is 4.77. The Labute approximate surface area is 135 Å². The van der Waals surface area contributed by atoms with Crippen LogP contribution in [0, 0.1) is 11.3 Å². The number of rotatable bonds is 5. The first-order chi connectivity index (χ1) is 8.50. The van der Waals surface area contributed by atoms with Crippen LogP contribution >= 0.6 is 24.8 Å². The average molecular weight is 328 g/mol. The first-order valence-electron chi connectivity index (χ1n) is 7.25. The molecule has 122 valence electrons. The molecule has 20 heavy (non-hydrogen) atoms. The van der Waals surface area contributed by atoms with Gasteiger partial charge in [-0.25, -0.2) is 0 Å². The molecule has 4 N–H and O–H groups in total. The maximum absolute atomic E-state index is 12.6. The molecule has 1 rings (SSSR count). The summed E-state index contributed by atoms with van der Waals surface area (Å²) in [7, 11) is 0. The minimum absolute atomic E-state index is 0. The van der Waals surface area contributed by atoms with Gasteiger partial charge in [0.05, 0.1) is 5.41 Å². The summed E-state index contributed by atoms with van der Waals surface area (Å²) in [6.07, 6.45) is 3.70. The number of likely N-dealkylation sites (tertiary alicyclic amines) is 1. The second-order valence-corrected chi connectivity index (χ2v) is 5.68. The van der Waals surface area contributed by atoms with Crippen LogP contribution in [0.2, 0.25) is 0 Å². The van der Waals surface area contributed by atoms with Gasteiger partial charge in [0.1, 0.15) is 0 Å². The van der Waals surface area contributed by atoms with Crippen molar-refractivity contribution >= 4 is 30.7 Å². The van der Waals surface area contributed by atoms with Gasteiger partial charge < -0.3 is 16.4 Å². The van der Waals surface area contributed by atoms with Crippen molar-refractivity contribution in [3.05, 3.63) is 0 Å². The van der Waals surface area contributed by atoms with E-state index >= 15 is 0 Å². The van der Waals surface area contributed by atoms with Crippen molar-refractivity contribution in [1.29, 1.82) is 0 Å². The number of piperidine rings is 1. The van der Waals surface area contributed by atoms with Gasteiger partial charge in [-0.05, 0) is 38.5 Å². The number of amides is 1.